The van der Waals surface area contributed by atoms with Gasteiger partial charge in [0, 0.05) is 6.04 Å². The zero-order chi connectivity index (χ0) is 12.9. The molecule has 0 aliphatic heterocycles. The molecular weight excluding hydrogens is 234 g/mol. The van der Waals surface area contributed by atoms with Crippen molar-refractivity contribution in [3.8, 4) is 0 Å². The van der Waals surface area contributed by atoms with Gasteiger partial charge >= 0.3 is 0 Å². The molecule has 0 heterocycles. The number of hydrogen-bond donors (Lipinski definition) is 1. The Hall–Kier alpha value is -0.0900. The van der Waals surface area contributed by atoms with Crippen LogP contribution in [0.3, 0.4) is 0 Å². The Morgan fingerprint density at radius 2 is 1.76 bits per heavy atom. The van der Waals surface area contributed by atoms with Gasteiger partial charge in [-0.1, -0.05) is 26.2 Å². The van der Waals surface area contributed by atoms with Crippen molar-refractivity contribution in [2.75, 3.05) is 6.54 Å². The first-order chi connectivity index (χ1) is 7.98. The summed E-state index contributed by atoms with van der Waals surface area (Å²) in [6.07, 6.45) is 5.85. The Bertz CT molecular complexity index is 307. The van der Waals surface area contributed by atoms with E-state index in [9.17, 15) is 8.42 Å². The van der Waals surface area contributed by atoms with Crippen LogP contribution in [0.1, 0.15) is 59.3 Å². The van der Waals surface area contributed by atoms with Gasteiger partial charge in [0.05, 0.1) is 10.5 Å². The van der Waals surface area contributed by atoms with Gasteiger partial charge in [0.15, 0.2) is 9.84 Å². The fourth-order valence-corrected chi connectivity index (χ4v) is 4.99. The van der Waals surface area contributed by atoms with Crippen molar-refractivity contribution in [1.82, 2.24) is 5.32 Å². The average Bonchev–Trinajstić information content (AvgIpc) is 2.30. The van der Waals surface area contributed by atoms with Crippen LogP contribution >= 0.6 is 0 Å². The van der Waals surface area contributed by atoms with Gasteiger partial charge in [-0.25, -0.2) is 8.42 Å². The molecule has 1 aliphatic rings. The highest BCUT2D eigenvalue weighted by Gasteiger charge is 2.32. The van der Waals surface area contributed by atoms with Crippen LogP contribution in [0, 0.1) is 0 Å². The van der Waals surface area contributed by atoms with Gasteiger partial charge < -0.3 is 5.32 Å². The topological polar surface area (TPSA) is 46.2 Å². The minimum atomic E-state index is -2.92. The molecule has 4 heteroatoms. The zero-order valence-electron chi connectivity index (χ0n) is 11.4. The van der Waals surface area contributed by atoms with E-state index in [0.717, 1.165) is 38.6 Å². The summed E-state index contributed by atoms with van der Waals surface area (Å²) in [4.78, 5) is 0. The molecule has 1 fully saturated rings. The molecule has 1 aliphatic carbocycles. The summed E-state index contributed by atoms with van der Waals surface area (Å²) in [6.45, 7) is 6.89. The van der Waals surface area contributed by atoms with Gasteiger partial charge in [0.1, 0.15) is 0 Å². The molecule has 0 spiro atoms. The maximum atomic E-state index is 12.4. The third kappa shape index (κ3) is 4.25. The van der Waals surface area contributed by atoms with Crippen LogP contribution < -0.4 is 5.32 Å². The molecule has 1 N–H and O–H groups in total. The monoisotopic (exact) mass is 261 g/mol. The van der Waals surface area contributed by atoms with E-state index in [1.807, 2.05) is 6.92 Å². The van der Waals surface area contributed by atoms with Gasteiger partial charge in [-0.05, 0) is 39.7 Å². The van der Waals surface area contributed by atoms with Crippen LogP contribution in [0.5, 0.6) is 0 Å². The SMILES string of the molecule is CCNC(C)CC(C)S(=O)(=O)C1CCCCC1. The number of nitrogens with one attached hydrogen (secondary N) is 1. The molecule has 0 radical (unpaired) electrons. The van der Waals surface area contributed by atoms with E-state index < -0.39 is 9.84 Å². The van der Waals surface area contributed by atoms with Gasteiger partial charge in [-0.2, -0.15) is 0 Å². The van der Waals surface area contributed by atoms with E-state index in [0.29, 0.717) is 0 Å². The Labute approximate surface area is 106 Å². The Morgan fingerprint density at radius 1 is 1.18 bits per heavy atom. The number of hydrogen-bond acceptors (Lipinski definition) is 3. The highest BCUT2D eigenvalue weighted by molar-refractivity contribution is 7.92. The fraction of sp³-hybridized carbons (Fsp3) is 1.00. The molecule has 102 valence electrons. The standard InChI is InChI=1S/C13H27NO2S/c1-4-14-11(2)10-12(3)17(15,16)13-8-6-5-7-9-13/h11-14H,4-10H2,1-3H3. The van der Waals surface area contributed by atoms with Crippen LogP contribution in [0.15, 0.2) is 0 Å². The summed E-state index contributed by atoms with van der Waals surface area (Å²) in [5.41, 5.74) is 0. The van der Waals surface area contributed by atoms with E-state index in [1.165, 1.54) is 6.42 Å². The largest absolute Gasteiger partial charge is 0.314 e. The van der Waals surface area contributed by atoms with Crippen molar-refractivity contribution in [3.63, 3.8) is 0 Å². The van der Waals surface area contributed by atoms with E-state index in [1.54, 1.807) is 0 Å². The quantitative estimate of drug-likeness (QED) is 0.799. The Morgan fingerprint density at radius 3 is 2.29 bits per heavy atom. The van der Waals surface area contributed by atoms with E-state index in [-0.39, 0.29) is 16.5 Å². The molecule has 3 nitrogen and oxygen atoms in total. The van der Waals surface area contributed by atoms with Gasteiger partial charge in [-0.15, -0.1) is 0 Å². The van der Waals surface area contributed by atoms with E-state index in [4.69, 9.17) is 0 Å². The van der Waals surface area contributed by atoms with Crippen LogP contribution in [-0.2, 0) is 9.84 Å². The first-order valence-corrected chi connectivity index (χ1v) is 8.55. The molecule has 17 heavy (non-hydrogen) atoms. The second kappa shape index (κ2) is 6.74. The summed E-state index contributed by atoms with van der Waals surface area (Å²) in [5, 5.41) is 3.01. The summed E-state index contributed by atoms with van der Waals surface area (Å²) in [5.74, 6) is 0. The molecule has 0 aromatic carbocycles. The molecule has 2 unspecified atom stereocenters. The Kier molecular flexibility index (Phi) is 5.93. The van der Waals surface area contributed by atoms with Crippen LogP contribution in [0.2, 0.25) is 0 Å². The molecule has 0 aromatic heterocycles. The van der Waals surface area contributed by atoms with Crippen molar-refractivity contribution < 1.29 is 8.42 Å². The van der Waals surface area contributed by atoms with E-state index >= 15 is 0 Å². The first-order valence-electron chi connectivity index (χ1n) is 6.94. The minimum Gasteiger partial charge on any atom is -0.314 e. The summed E-state index contributed by atoms with van der Waals surface area (Å²) < 4.78 is 24.8. The first kappa shape index (κ1) is 15.0. The maximum Gasteiger partial charge on any atom is 0.155 e. The molecule has 1 saturated carbocycles. The lowest BCUT2D eigenvalue weighted by Crippen LogP contribution is -2.37. The van der Waals surface area contributed by atoms with Crippen LogP contribution in [0.4, 0.5) is 0 Å². The van der Waals surface area contributed by atoms with Crippen LogP contribution in [-0.4, -0.2) is 31.5 Å². The van der Waals surface area contributed by atoms with Crippen molar-refractivity contribution in [1.29, 1.82) is 0 Å². The van der Waals surface area contributed by atoms with Gasteiger partial charge in [-0.3, -0.25) is 0 Å². The number of sulfone groups is 1. The molecule has 0 bridgehead atoms. The van der Waals surface area contributed by atoms with Gasteiger partial charge in [0.25, 0.3) is 0 Å². The Balaban J connectivity index is 2.56. The highest BCUT2D eigenvalue weighted by Crippen LogP contribution is 2.27. The molecule has 0 amide bonds. The smallest absolute Gasteiger partial charge is 0.155 e. The van der Waals surface area contributed by atoms with Crippen molar-refractivity contribution in [2.45, 2.75) is 75.8 Å². The molecular formula is C13H27NO2S. The predicted octanol–water partition coefficient (Wildman–Crippen LogP) is 2.51. The lowest BCUT2D eigenvalue weighted by molar-refractivity contribution is 0.466. The van der Waals surface area contributed by atoms with Crippen molar-refractivity contribution in [3.05, 3.63) is 0 Å². The zero-order valence-corrected chi connectivity index (χ0v) is 12.2. The average molecular weight is 261 g/mol. The summed E-state index contributed by atoms with van der Waals surface area (Å²) >= 11 is 0. The molecule has 1 rings (SSSR count). The van der Waals surface area contributed by atoms with Crippen LogP contribution in [0.25, 0.3) is 0 Å². The van der Waals surface area contributed by atoms with E-state index in [2.05, 4.69) is 19.2 Å². The second-order valence-electron chi connectivity index (χ2n) is 5.35. The highest BCUT2D eigenvalue weighted by atomic mass is 32.2. The molecule has 2 atom stereocenters. The normalized spacial score (nSPS) is 22.3. The predicted molar refractivity (Wildman–Crippen MR) is 73.0 cm³/mol. The third-order valence-corrected chi connectivity index (χ3v) is 6.53. The molecule has 0 saturated heterocycles. The second-order valence-corrected chi connectivity index (χ2v) is 8.00. The van der Waals surface area contributed by atoms with Gasteiger partial charge in [0.2, 0.25) is 0 Å². The molecule has 0 aromatic rings. The fourth-order valence-electron chi connectivity index (χ4n) is 2.79. The maximum absolute atomic E-state index is 12.4. The summed E-state index contributed by atoms with van der Waals surface area (Å²) in [7, 11) is -2.92. The number of rotatable bonds is 6. The van der Waals surface area contributed by atoms with Crippen molar-refractivity contribution >= 4 is 9.84 Å². The van der Waals surface area contributed by atoms with Crippen molar-refractivity contribution in [2.24, 2.45) is 0 Å². The lowest BCUT2D eigenvalue weighted by atomic mass is 10.0. The lowest BCUT2D eigenvalue weighted by Gasteiger charge is -2.26. The summed E-state index contributed by atoms with van der Waals surface area (Å²) in [6, 6.07) is 0.286. The minimum absolute atomic E-state index is 0.0694. The third-order valence-electron chi connectivity index (χ3n) is 3.82.